The van der Waals surface area contributed by atoms with Gasteiger partial charge in [-0.2, -0.15) is 0 Å². The summed E-state index contributed by atoms with van der Waals surface area (Å²) < 4.78 is 4.98. The first-order valence-electron chi connectivity index (χ1n) is 5.23. The third kappa shape index (κ3) is 1.26. The molecule has 80 valence electrons. The van der Waals surface area contributed by atoms with Crippen LogP contribution in [0.4, 0.5) is 0 Å². The van der Waals surface area contributed by atoms with Crippen molar-refractivity contribution in [2.45, 2.75) is 25.4 Å². The lowest BCUT2D eigenvalue weighted by molar-refractivity contribution is 0.0637. The van der Waals surface area contributed by atoms with Crippen LogP contribution in [-0.2, 0) is 0 Å². The lowest BCUT2D eigenvalue weighted by Gasteiger charge is -2.36. The van der Waals surface area contributed by atoms with Crippen molar-refractivity contribution in [2.24, 2.45) is 0 Å². The molecule has 0 radical (unpaired) electrons. The molecule has 0 saturated carbocycles. The number of hydrogen-bond acceptors (Lipinski definition) is 4. The highest BCUT2D eigenvalue weighted by atomic mass is 16.5. The largest absolute Gasteiger partial charge is 0.351 e. The molecular formula is C10H13N3O2. The van der Waals surface area contributed by atoms with Gasteiger partial charge in [0.25, 0.3) is 5.91 Å². The number of amides is 1. The zero-order valence-corrected chi connectivity index (χ0v) is 8.56. The standard InChI is InChI=1S/C10H13N3O2/c1-6-4-9(15-12-6)10(14)13-3-2-7-8(13)5-11-7/h4,7-8,11H,2-3,5H2,1H3. The smallest absolute Gasteiger partial charge is 0.292 e. The van der Waals surface area contributed by atoms with Gasteiger partial charge in [0, 0.05) is 25.2 Å². The molecule has 3 heterocycles. The van der Waals surface area contributed by atoms with E-state index in [1.165, 1.54) is 0 Å². The Morgan fingerprint density at radius 3 is 3.13 bits per heavy atom. The van der Waals surface area contributed by atoms with Crippen molar-refractivity contribution in [1.29, 1.82) is 0 Å². The van der Waals surface area contributed by atoms with E-state index in [-0.39, 0.29) is 5.91 Å². The molecule has 1 amide bonds. The molecule has 15 heavy (non-hydrogen) atoms. The highest BCUT2D eigenvalue weighted by molar-refractivity contribution is 5.92. The van der Waals surface area contributed by atoms with E-state index in [0.29, 0.717) is 17.8 Å². The summed E-state index contributed by atoms with van der Waals surface area (Å²) in [5.41, 5.74) is 0.751. The van der Waals surface area contributed by atoms with Crippen LogP contribution in [0.5, 0.6) is 0 Å². The van der Waals surface area contributed by atoms with Crippen LogP contribution in [0.25, 0.3) is 0 Å². The Morgan fingerprint density at radius 2 is 2.60 bits per heavy atom. The molecule has 1 aromatic rings. The average Bonchev–Trinajstić information content (AvgIpc) is 2.70. The number of fused-ring (bicyclic) bond motifs is 1. The molecule has 3 rings (SSSR count). The molecule has 0 aromatic carbocycles. The van der Waals surface area contributed by atoms with E-state index < -0.39 is 0 Å². The molecular weight excluding hydrogens is 194 g/mol. The fourth-order valence-electron chi connectivity index (χ4n) is 2.31. The van der Waals surface area contributed by atoms with Crippen molar-refractivity contribution in [1.82, 2.24) is 15.4 Å². The zero-order valence-electron chi connectivity index (χ0n) is 8.56. The molecule has 2 aliphatic rings. The van der Waals surface area contributed by atoms with Crippen LogP contribution in [0.2, 0.25) is 0 Å². The number of aryl methyl sites for hydroxylation is 1. The first kappa shape index (κ1) is 8.91. The van der Waals surface area contributed by atoms with Gasteiger partial charge in [-0.05, 0) is 13.3 Å². The van der Waals surface area contributed by atoms with Crippen molar-refractivity contribution in [3.8, 4) is 0 Å². The molecule has 1 aromatic heterocycles. The Kier molecular flexibility index (Phi) is 1.82. The van der Waals surface area contributed by atoms with E-state index in [1.807, 2.05) is 11.8 Å². The monoisotopic (exact) mass is 207 g/mol. The number of nitrogens with one attached hydrogen (secondary N) is 1. The van der Waals surface area contributed by atoms with Gasteiger partial charge in [-0.1, -0.05) is 5.16 Å². The van der Waals surface area contributed by atoms with Crippen LogP contribution in [0, 0.1) is 6.92 Å². The normalized spacial score (nSPS) is 28.7. The molecule has 0 spiro atoms. The maximum atomic E-state index is 12.0. The molecule has 2 aliphatic heterocycles. The van der Waals surface area contributed by atoms with Gasteiger partial charge in [0.1, 0.15) is 0 Å². The van der Waals surface area contributed by atoms with Crippen LogP contribution in [0.15, 0.2) is 10.6 Å². The van der Waals surface area contributed by atoms with Gasteiger partial charge in [-0.3, -0.25) is 4.79 Å². The number of hydrogen-bond donors (Lipinski definition) is 1. The number of carbonyl (C=O) groups is 1. The minimum Gasteiger partial charge on any atom is -0.351 e. The Labute approximate surface area is 87.4 Å². The topological polar surface area (TPSA) is 58.4 Å². The third-order valence-corrected chi connectivity index (χ3v) is 3.23. The molecule has 0 aliphatic carbocycles. The highest BCUT2D eigenvalue weighted by Gasteiger charge is 2.43. The van der Waals surface area contributed by atoms with Crippen molar-refractivity contribution in [2.75, 3.05) is 13.1 Å². The quantitative estimate of drug-likeness (QED) is 0.713. The number of likely N-dealkylation sites (tertiary alicyclic amines) is 1. The lowest BCUT2D eigenvalue weighted by Crippen LogP contribution is -2.60. The highest BCUT2D eigenvalue weighted by Crippen LogP contribution is 2.25. The molecule has 5 heteroatoms. The van der Waals surface area contributed by atoms with Crippen LogP contribution >= 0.6 is 0 Å². The predicted octanol–water partition coefficient (Wildman–Crippen LogP) is 0.169. The van der Waals surface area contributed by atoms with Crippen LogP contribution < -0.4 is 5.32 Å². The Hall–Kier alpha value is -1.36. The average molecular weight is 207 g/mol. The summed E-state index contributed by atoms with van der Waals surface area (Å²) in [5, 5.41) is 7.04. The second-order valence-electron chi connectivity index (χ2n) is 4.20. The minimum absolute atomic E-state index is 0.0235. The first-order valence-corrected chi connectivity index (χ1v) is 5.23. The summed E-state index contributed by atoms with van der Waals surface area (Å²) in [6.07, 6.45) is 1.05. The van der Waals surface area contributed by atoms with Crippen LogP contribution in [0.1, 0.15) is 22.7 Å². The summed E-state index contributed by atoms with van der Waals surface area (Å²) in [4.78, 5) is 13.9. The van der Waals surface area contributed by atoms with Gasteiger partial charge < -0.3 is 14.7 Å². The van der Waals surface area contributed by atoms with Gasteiger partial charge in [-0.25, -0.2) is 0 Å². The molecule has 2 atom stereocenters. The summed E-state index contributed by atoms with van der Waals surface area (Å²) in [7, 11) is 0. The van der Waals surface area contributed by atoms with Crippen molar-refractivity contribution >= 4 is 5.91 Å². The minimum atomic E-state index is -0.0235. The number of carbonyl (C=O) groups excluding carboxylic acids is 1. The third-order valence-electron chi connectivity index (χ3n) is 3.23. The molecule has 5 nitrogen and oxygen atoms in total. The van der Waals surface area contributed by atoms with E-state index >= 15 is 0 Å². The van der Waals surface area contributed by atoms with E-state index in [0.717, 1.165) is 25.2 Å². The van der Waals surface area contributed by atoms with E-state index in [9.17, 15) is 4.79 Å². The Morgan fingerprint density at radius 1 is 1.73 bits per heavy atom. The predicted molar refractivity (Wildman–Crippen MR) is 52.5 cm³/mol. The van der Waals surface area contributed by atoms with Gasteiger partial charge in [0.15, 0.2) is 0 Å². The summed E-state index contributed by atoms with van der Waals surface area (Å²) in [5.74, 6) is 0.338. The molecule has 1 N–H and O–H groups in total. The SMILES string of the molecule is Cc1cc(C(=O)N2CCC3NCC32)on1. The van der Waals surface area contributed by atoms with E-state index in [4.69, 9.17) is 4.52 Å². The molecule has 0 bridgehead atoms. The molecule has 2 saturated heterocycles. The molecule has 2 unspecified atom stereocenters. The Bertz CT molecular complexity index is 401. The second-order valence-corrected chi connectivity index (χ2v) is 4.20. The number of nitrogens with zero attached hydrogens (tertiary/aromatic N) is 2. The zero-order chi connectivity index (χ0) is 10.4. The maximum Gasteiger partial charge on any atom is 0.292 e. The number of rotatable bonds is 1. The van der Waals surface area contributed by atoms with Gasteiger partial charge in [-0.15, -0.1) is 0 Å². The van der Waals surface area contributed by atoms with Gasteiger partial charge >= 0.3 is 0 Å². The van der Waals surface area contributed by atoms with Crippen LogP contribution in [0.3, 0.4) is 0 Å². The van der Waals surface area contributed by atoms with Gasteiger partial charge in [0.05, 0.1) is 11.7 Å². The summed E-state index contributed by atoms with van der Waals surface area (Å²) in [6, 6.07) is 2.56. The maximum absolute atomic E-state index is 12.0. The van der Waals surface area contributed by atoms with Crippen LogP contribution in [-0.4, -0.2) is 41.1 Å². The molecule has 2 fully saturated rings. The van der Waals surface area contributed by atoms with Crippen molar-refractivity contribution < 1.29 is 9.32 Å². The second kappa shape index (κ2) is 3.06. The first-order chi connectivity index (χ1) is 7.25. The lowest BCUT2D eigenvalue weighted by atomic mass is 10.0. The van der Waals surface area contributed by atoms with Crippen molar-refractivity contribution in [3.05, 3.63) is 17.5 Å². The summed E-state index contributed by atoms with van der Waals surface area (Å²) in [6.45, 7) is 3.54. The fourth-order valence-corrected chi connectivity index (χ4v) is 2.31. The van der Waals surface area contributed by atoms with E-state index in [2.05, 4.69) is 10.5 Å². The Balaban J connectivity index is 1.80. The fraction of sp³-hybridized carbons (Fsp3) is 0.600. The van der Waals surface area contributed by atoms with Crippen molar-refractivity contribution in [3.63, 3.8) is 0 Å². The van der Waals surface area contributed by atoms with Gasteiger partial charge in [0.2, 0.25) is 5.76 Å². The number of aromatic nitrogens is 1. The van der Waals surface area contributed by atoms with E-state index in [1.54, 1.807) is 6.07 Å². The summed E-state index contributed by atoms with van der Waals surface area (Å²) >= 11 is 0.